The van der Waals surface area contributed by atoms with Crippen molar-refractivity contribution in [2.24, 2.45) is 0 Å². The second-order valence-electron chi connectivity index (χ2n) is 6.65. The number of nitrogens with zero attached hydrogens (tertiary/aromatic N) is 2. The van der Waals surface area contributed by atoms with E-state index < -0.39 is 0 Å². The number of ether oxygens (including phenoxy) is 2. The third-order valence-electron chi connectivity index (χ3n) is 4.84. The minimum absolute atomic E-state index is 0.0661. The van der Waals surface area contributed by atoms with Gasteiger partial charge in [0.15, 0.2) is 5.78 Å². The lowest BCUT2D eigenvalue weighted by atomic mass is 10.0. The van der Waals surface area contributed by atoms with Crippen LogP contribution in [-0.2, 0) is 0 Å². The van der Waals surface area contributed by atoms with E-state index in [2.05, 4.69) is 4.98 Å². The quantitative estimate of drug-likeness (QED) is 0.360. The zero-order valence-electron chi connectivity index (χ0n) is 16.8. The molecule has 0 aliphatic carbocycles. The summed E-state index contributed by atoms with van der Waals surface area (Å²) in [5.74, 6) is 2.16. The van der Waals surface area contributed by atoms with Gasteiger partial charge in [0.2, 0.25) is 0 Å². The summed E-state index contributed by atoms with van der Waals surface area (Å²) in [7, 11) is 3.24. The van der Waals surface area contributed by atoms with E-state index in [0.717, 1.165) is 22.8 Å². The van der Waals surface area contributed by atoms with E-state index in [-0.39, 0.29) is 5.78 Å². The van der Waals surface area contributed by atoms with E-state index in [9.17, 15) is 4.79 Å². The molecule has 0 saturated heterocycles. The Bertz CT molecular complexity index is 1160. The van der Waals surface area contributed by atoms with E-state index >= 15 is 0 Å². The molecule has 2 aromatic carbocycles. The van der Waals surface area contributed by atoms with Gasteiger partial charge in [-0.25, -0.2) is 0 Å². The Hall–Kier alpha value is -3.99. The third-order valence-corrected chi connectivity index (χ3v) is 4.84. The molecular weight excluding hydrogens is 376 g/mol. The Kier molecular flexibility index (Phi) is 5.52. The first-order chi connectivity index (χ1) is 14.7. The second kappa shape index (κ2) is 8.57. The topological polar surface area (TPSA) is 52.3 Å². The number of ketones is 1. The maximum absolute atomic E-state index is 13.1. The van der Waals surface area contributed by atoms with Gasteiger partial charge in [-0.2, -0.15) is 4.57 Å². The SMILES string of the molecule is COc1ccc(C(=O)c2ccc(-c3ccc(OC)cc3)[n+](-c3ccccn3)c2)cc1. The van der Waals surface area contributed by atoms with Crippen molar-refractivity contribution in [2.45, 2.75) is 0 Å². The molecule has 5 heteroatoms. The van der Waals surface area contributed by atoms with Crippen molar-refractivity contribution in [3.05, 3.63) is 102 Å². The minimum Gasteiger partial charge on any atom is -0.497 e. The standard InChI is InChI=1S/C25H21N2O3/c1-29-21-11-6-18(7-12-21)23-15-10-20(17-27(23)24-5-3-4-16-26-24)25(28)19-8-13-22(30-2)14-9-19/h3-17H,1-2H3/q+1. The van der Waals surface area contributed by atoms with E-state index in [1.165, 1.54) is 0 Å². The van der Waals surface area contributed by atoms with Crippen molar-refractivity contribution in [3.63, 3.8) is 0 Å². The van der Waals surface area contributed by atoms with Crippen LogP contribution >= 0.6 is 0 Å². The van der Waals surface area contributed by atoms with Crippen LogP contribution in [0.25, 0.3) is 17.1 Å². The van der Waals surface area contributed by atoms with Gasteiger partial charge in [-0.05, 0) is 71.7 Å². The third kappa shape index (κ3) is 3.91. The second-order valence-corrected chi connectivity index (χ2v) is 6.65. The largest absolute Gasteiger partial charge is 0.497 e. The first kappa shape index (κ1) is 19.3. The molecule has 0 radical (unpaired) electrons. The molecule has 0 unspecified atom stereocenters. The summed E-state index contributed by atoms with van der Waals surface area (Å²) >= 11 is 0. The van der Waals surface area contributed by atoms with Crippen LogP contribution in [0, 0.1) is 0 Å². The van der Waals surface area contributed by atoms with Gasteiger partial charge < -0.3 is 9.47 Å². The number of carbonyl (C=O) groups is 1. The molecule has 0 fully saturated rings. The van der Waals surface area contributed by atoms with Crippen LogP contribution in [0.2, 0.25) is 0 Å². The van der Waals surface area contributed by atoms with Crippen molar-refractivity contribution in [2.75, 3.05) is 14.2 Å². The first-order valence-corrected chi connectivity index (χ1v) is 9.50. The molecule has 148 valence electrons. The zero-order valence-corrected chi connectivity index (χ0v) is 16.8. The van der Waals surface area contributed by atoms with E-state index in [0.29, 0.717) is 16.9 Å². The first-order valence-electron chi connectivity index (χ1n) is 9.50. The molecule has 0 atom stereocenters. The molecule has 30 heavy (non-hydrogen) atoms. The summed E-state index contributed by atoms with van der Waals surface area (Å²) in [6.45, 7) is 0. The van der Waals surface area contributed by atoms with Gasteiger partial charge in [-0.1, -0.05) is 6.07 Å². The van der Waals surface area contributed by atoms with Crippen LogP contribution in [0.1, 0.15) is 15.9 Å². The van der Waals surface area contributed by atoms with Crippen LogP contribution in [0.15, 0.2) is 91.3 Å². The van der Waals surface area contributed by atoms with Gasteiger partial charge in [0.1, 0.15) is 29.6 Å². The molecule has 0 aliphatic heterocycles. The highest BCUT2D eigenvalue weighted by molar-refractivity contribution is 6.08. The average Bonchev–Trinajstić information content (AvgIpc) is 2.84. The van der Waals surface area contributed by atoms with Gasteiger partial charge >= 0.3 is 5.82 Å². The Morgan fingerprint density at radius 2 is 1.40 bits per heavy atom. The monoisotopic (exact) mass is 397 g/mol. The molecule has 0 saturated carbocycles. The fourth-order valence-electron chi connectivity index (χ4n) is 3.23. The highest BCUT2D eigenvalue weighted by Gasteiger charge is 2.19. The lowest BCUT2D eigenvalue weighted by molar-refractivity contribution is -0.588. The van der Waals surface area contributed by atoms with Crippen molar-refractivity contribution in [3.8, 4) is 28.6 Å². The predicted molar refractivity (Wildman–Crippen MR) is 114 cm³/mol. The molecule has 2 aromatic heterocycles. The van der Waals surface area contributed by atoms with Crippen molar-refractivity contribution < 1.29 is 18.8 Å². The summed E-state index contributed by atoms with van der Waals surface area (Å²) in [4.78, 5) is 17.5. The molecule has 5 nitrogen and oxygen atoms in total. The molecular formula is C25H21N2O3+. The number of hydrogen-bond acceptors (Lipinski definition) is 4. The lowest BCUT2D eigenvalue weighted by Crippen LogP contribution is -2.35. The Morgan fingerprint density at radius 1 is 0.767 bits per heavy atom. The molecule has 4 aromatic rings. The Morgan fingerprint density at radius 3 is 2.00 bits per heavy atom. The number of rotatable bonds is 6. The maximum atomic E-state index is 13.1. The zero-order chi connectivity index (χ0) is 20.9. The highest BCUT2D eigenvalue weighted by atomic mass is 16.5. The summed E-state index contributed by atoms with van der Waals surface area (Å²) < 4.78 is 12.4. The summed E-state index contributed by atoms with van der Waals surface area (Å²) in [6.07, 6.45) is 3.56. The predicted octanol–water partition coefficient (Wildman–Crippen LogP) is 4.27. The highest BCUT2D eigenvalue weighted by Crippen LogP contribution is 2.22. The number of benzene rings is 2. The van der Waals surface area contributed by atoms with Crippen LogP contribution in [-0.4, -0.2) is 25.0 Å². The number of pyridine rings is 2. The van der Waals surface area contributed by atoms with Crippen molar-refractivity contribution >= 4 is 5.78 Å². The van der Waals surface area contributed by atoms with Gasteiger partial charge in [-0.3, -0.25) is 4.79 Å². The fourth-order valence-corrected chi connectivity index (χ4v) is 3.23. The fraction of sp³-hybridized carbons (Fsp3) is 0.0800. The van der Waals surface area contributed by atoms with Crippen LogP contribution < -0.4 is 14.0 Å². The van der Waals surface area contributed by atoms with E-state index in [4.69, 9.17) is 9.47 Å². The Balaban J connectivity index is 1.79. The number of hydrogen-bond donors (Lipinski definition) is 0. The minimum atomic E-state index is -0.0661. The van der Waals surface area contributed by atoms with Gasteiger partial charge in [0, 0.05) is 17.2 Å². The van der Waals surface area contributed by atoms with Crippen molar-refractivity contribution in [1.82, 2.24) is 4.98 Å². The lowest BCUT2D eigenvalue weighted by Gasteiger charge is -2.09. The molecule has 0 bridgehead atoms. The van der Waals surface area contributed by atoms with Crippen LogP contribution in [0.3, 0.4) is 0 Å². The smallest absolute Gasteiger partial charge is 0.327 e. The summed E-state index contributed by atoms with van der Waals surface area (Å²) in [5.41, 5.74) is 3.08. The summed E-state index contributed by atoms with van der Waals surface area (Å²) in [6, 6.07) is 24.4. The van der Waals surface area contributed by atoms with Crippen LogP contribution in [0.4, 0.5) is 0 Å². The number of aromatic nitrogens is 2. The molecule has 0 amide bonds. The van der Waals surface area contributed by atoms with E-state index in [1.54, 1.807) is 44.7 Å². The van der Waals surface area contributed by atoms with Crippen molar-refractivity contribution in [1.29, 1.82) is 0 Å². The number of carbonyl (C=O) groups excluding carboxylic acids is 1. The van der Waals surface area contributed by atoms with Crippen LogP contribution in [0.5, 0.6) is 11.5 Å². The normalized spacial score (nSPS) is 10.5. The molecule has 0 aliphatic rings. The molecule has 4 rings (SSSR count). The number of methoxy groups -OCH3 is 2. The maximum Gasteiger partial charge on any atom is 0.327 e. The van der Waals surface area contributed by atoms with Gasteiger partial charge in [0.25, 0.3) is 0 Å². The molecule has 2 heterocycles. The summed E-state index contributed by atoms with van der Waals surface area (Å²) in [5, 5.41) is 0. The molecule has 0 spiro atoms. The molecule has 0 N–H and O–H groups in total. The average molecular weight is 397 g/mol. The van der Waals surface area contributed by atoms with Gasteiger partial charge in [-0.15, -0.1) is 0 Å². The van der Waals surface area contributed by atoms with E-state index in [1.807, 2.05) is 65.4 Å². The Labute approximate surface area is 175 Å². The van der Waals surface area contributed by atoms with Gasteiger partial charge in [0.05, 0.1) is 19.8 Å².